The van der Waals surface area contributed by atoms with E-state index in [0.717, 1.165) is 23.4 Å². The van der Waals surface area contributed by atoms with Gasteiger partial charge in [0.1, 0.15) is 46.8 Å². The lowest BCUT2D eigenvalue weighted by Gasteiger charge is -2.32. The maximum Gasteiger partial charge on any atom is 0.319 e. The Morgan fingerprint density at radius 1 is 1.23 bits per heavy atom. The third-order valence-electron chi connectivity index (χ3n) is 8.90. The van der Waals surface area contributed by atoms with Gasteiger partial charge in [0.25, 0.3) is 0 Å². The SMILES string of the molecule is C[C@H](c1cccnc1N)N1C[C@H](C)Oc2c(Cl)c(-c3ccc(F)c4sc(N)c(C#N)c34)c(F)c3nc(OC[C@H]4COCCN4C)nc1c23. The number of nitrogens with two attached hydrogens (primary N) is 2. The predicted octanol–water partition coefficient (Wildman–Crippen LogP) is 5.93. The van der Waals surface area contributed by atoms with Gasteiger partial charge in [-0.25, -0.2) is 13.8 Å². The predicted molar refractivity (Wildman–Crippen MR) is 182 cm³/mol. The normalized spacial score (nSPS) is 18.8. The summed E-state index contributed by atoms with van der Waals surface area (Å²) < 4.78 is 50.6. The summed E-state index contributed by atoms with van der Waals surface area (Å²) in [5.74, 6) is -0.603. The van der Waals surface area contributed by atoms with Gasteiger partial charge in [0, 0.05) is 29.3 Å². The van der Waals surface area contributed by atoms with Crippen LogP contribution in [-0.4, -0.2) is 72.0 Å². The molecule has 248 valence electrons. The Morgan fingerprint density at radius 2 is 2.04 bits per heavy atom. The third kappa shape index (κ3) is 5.27. The molecule has 48 heavy (non-hydrogen) atoms. The molecule has 5 aromatic rings. The number of hydrogen-bond acceptors (Lipinski definition) is 12. The Morgan fingerprint density at radius 3 is 2.79 bits per heavy atom. The summed E-state index contributed by atoms with van der Waals surface area (Å²) in [6, 6.07) is 7.75. The van der Waals surface area contributed by atoms with Crippen molar-refractivity contribution in [2.24, 2.45) is 0 Å². The van der Waals surface area contributed by atoms with Crippen LogP contribution in [0.2, 0.25) is 5.02 Å². The van der Waals surface area contributed by atoms with Gasteiger partial charge in [0.05, 0.1) is 52.5 Å². The highest BCUT2D eigenvalue weighted by atomic mass is 35.5. The summed E-state index contributed by atoms with van der Waals surface area (Å²) in [7, 11) is 1.97. The van der Waals surface area contributed by atoms with Gasteiger partial charge in [0.2, 0.25) is 0 Å². The van der Waals surface area contributed by atoms with Gasteiger partial charge in [-0.2, -0.15) is 15.2 Å². The van der Waals surface area contributed by atoms with Crippen molar-refractivity contribution >= 4 is 60.6 Å². The van der Waals surface area contributed by atoms with Gasteiger partial charge in [0.15, 0.2) is 11.6 Å². The number of halogens is 3. The lowest BCUT2D eigenvalue weighted by Crippen LogP contribution is -2.46. The number of nitrogens with zero attached hydrogens (tertiary/aromatic N) is 6. The molecule has 5 heterocycles. The standard InChI is InChI=1S/C33H31ClF2N8O3S/c1-15-12-44(16(2)18-5-4-8-40-30(18)38)32-24-27(41-33(42-32)46-14-17-13-45-10-9-43(17)3)26(36)23(25(34)28(24)47-15)19-6-7-21(35)29-22(19)20(11-37)31(39)48-29/h4-8,15-17H,9-10,12-14,39H2,1-3H3,(H2,38,40)/t15-,16+,17+/m0/s1. The van der Waals surface area contributed by atoms with Gasteiger partial charge < -0.3 is 30.6 Å². The van der Waals surface area contributed by atoms with E-state index in [4.69, 9.17) is 42.3 Å². The summed E-state index contributed by atoms with van der Waals surface area (Å²) >= 11 is 7.99. The molecular formula is C33H31ClF2N8O3S. The average molecular weight is 693 g/mol. The zero-order valence-corrected chi connectivity index (χ0v) is 27.8. The summed E-state index contributed by atoms with van der Waals surface area (Å²) in [5.41, 5.74) is 13.1. The Labute approximate surface area is 283 Å². The maximum atomic E-state index is 17.2. The van der Waals surface area contributed by atoms with Gasteiger partial charge >= 0.3 is 6.01 Å². The number of fused-ring (bicyclic) bond motifs is 1. The molecule has 2 aliphatic heterocycles. The largest absolute Gasteiger partial charge is 0.486 e. The minimum Gasteiger partial charge on any atom is -0.486 e. The monoisotopic (exact) mass is 692 g/mol. The van der Waals surface area contributed by atoms with Crippen molar-refractivity contribution in [2.75, 3.05) is 56.3 Å². The lowest BCUT2D eigenvalue weighted by molar-refractivity contribution is -0.0119. The number of thiophene rings is 1. The molecule has 11 nitrogen and oxygen atoms in total. The van der Waals surface area contributed by atoms with Crippen molar-refractivity contribution < 1.29 is 23.0 Å². The van der Waals surface area contributed by atoms with E-state index in [9.17, 15) is 5.26 Å². The molecule has 0 spiro atoms. The Kier molecular flexibility index (Phi) is 8.32. The zero-order valence-electron chi connectivity index (χ0n) is 26.3. The van der Waals surface area contributed by atoms with Crippen LogP contribution in [0.1, 0.15) is 31.0 Å². The lowest BCUT2D eigenvalue weighted by atomic mass is 9.96. The molecule has 15 heteroatoms. The molecule has 3 aromatic heterocycles. The second-order valence-electron chi connectivity index (χ2n) is 11.9. The number of likely N-dealkylation sites (N-methyl/N-ethyl adjacent to an activating group) is 1. The molecule has 4 N–H and O–H groups in total. The van der Waals surface area contributed by atoms with E-state index in [-0.39, 0.29) is 78.2 Å². The Bertz CT molecular complexity index is 2130. The topological polar surface area (TPSA) is 149 Å². The van der Waals surface area contributed by atoms with Crippen molar-refractivity contribution in [3.05, 3.63) is 58.2 Å². The fourth-order valence-corrected chi connectivity index (χ4v) is 7.61. The van der Waals surface area contributed by atoms with Crippen LogP contribution >= 0.6 is 22.9 Å². The van der Waals surface area contributed by atoms with E-state index in [2.05, 4.69) is 14.9 Å². The molecule has 1 fully saturated rings. The first-order chi connectivity index (χ1) is 23.1. The van der Waals surface area contributed by atoms with Crippen LogP contribution < -0.4 is 25.8 Å². The summed E-state index contributed by atoms with van der Waals surface area (Å²) in [6.45, 7) is 6.10. The van der Waals surface area contributed by atoms with Gasteiger partial charge in [-0.1, -0.05) is 23.7 Å². The fourth-order valence-electron chi connectivity index (χ4n) is 6.34. The van der Waals surface area contributed by atoms with Crippen LogP contribution in [0.3, 0.4) is 0 Å². The van der Waals surface area contributed by atoms with Crippen molar-refractivity contribution in [1.29, 1.82) is 5.26 Å². The first-order valence-electron chi connectivity index (χ1n) is 15.3. The number of morpholine rings is 1. The van der Waals surface area contributed by atoms with E-state index in [1.807, 2.05) is 37.9 Å². The van der Waals surface area contributed by atoms with Crippen LogP contribution in [0.15, 0.2) is 30.5 Å². The second-order valence-corrected chi connectivity index (χ2v) is 13.3. The molecule has 2 aromatic carbocycles. The van der Waals surface area contributed by atoms with Crippen molar-refractivity contribution in [3.8, 4) is 29.0 Å². The summed E-state index contributed by atoms with van der Waals surface area (Å²) in [4.78, 5) is 17.7. The Balaban J connectivity index is 1.49. The van der Waals surface area contributed by atoms with E-state index in [0.29, 0.717) is 31.4 Å². The number of aromatic nitrogens is 3. The molecule has 0 radical (unpaired) electrons. The summed E-state index contributed by atoms with van der Waals surface area (Å²) in [6.07, 6.45) is 1.13. The minimum atomic E-state index is -0.821. The fraction of sp³-hybridized carbons (Fsp3) is 0.333. The average Bonchev–Trinajstić information content (AvgIpc) is 3.34. The highest BCUT2D eigenvalue weighted by molar-refractivity contribution is 7.23. The molecular weight excluding hydrogens is 662 g/mol. The molecule has 0 bridgehead atoms. The quantitative estimate of drug-likeness (QED) is 0.218. The van der Waals surface area contributed by atoms with E-state index < -0.39 is 17.7 Å². The molecule has 0 aliphatic carbocycles. The number of nitrogen functional groups attached to an aromatic ring is 2. The first-order valence-corrected chi connectivity index (χ1v) is 16.5. The zero-order chi connectivity index (χ0) is 33.9. The number of ether oxygens (including phenoxy) is 3. The van der Waals surface area contributed by atoms with E-state index >= 15 is 8.78 Å². The van der Waals surface area contributed by atoms with Crippen LogP contribution in [-0.2, 0) is 4.74 Å². The maximum absolute atomic E-state index is 17.2. The smallest absolute Gasteiger partial charge is 0.319 e. The Hall–Kier alpha value is -4.55. The summed E-state index contributed by atoms with van der Waals surface area (Å²) in [5, 5.41) is 10.4. The molecule has 1 saturated heterocycles. The molecule has 3 atom stereocenters. The molecule has 0 saturated carbocycles. The molecule has 0 unspecified atom stereocenters. The highest BCUT2D eigenvalue weighted by Gasteiger charge is 2.35. The number of pyridine rings is 1. The van der Waals surface area contributed by atoms with Gasteiger partial charge in [-0.05, 0) is 38.6 Å². The van der Waals surface area contributed by atoms with Crippen molar-refractivity contribution in [1.82, 2.24) is 19.9 Å². The van der Waals surface area contributed by atoms with E-state index in [1.165, 1.54) is 12.1 Å². The highest BCUT2D eigenvalue weighted by Crippen LogP contribution is 2.51. The third-order valence-corrected chi connectivity index (χ3v) is 10.3. The van der Waals surface area contributed by atoms with Gasteiger partial charge in [-0.3, -0.25) is 4.90 Å². The number of rotatable bonds is 6. The number of hydrogen-bond donors (Lipinski definition) is 2. The molecule has 0 amide bonds. The number of nitriles is 1. The number of anilines is 3. The molecule has 2 aliphatic rings. The second kappa shape index (κ2) is 12.5. The first kappa shape index (κ1) is 32.0. The van der Waals surface area contributed by atoms with E-state index in [1.54, 1.807) is 12.3 Å². The van der Waals surface area contributed by atoms with Crippen molar-refractivity contribution in [2.45, 2.75) is 32.0 Å². The van der Waals surface area contributed by atoms with Crippen LogP contribution in [0.25, 0.3) is 32.1 Å². The molecule has 7 rings (SSSR count). The number of benzene rings is 2. The minimum absolute atomic E-state index is 0.0282. The van der Waals surface area contributed by atoms with Crippen LogP contribution in [0.5, 0.6) is 11.8 Å². The van der Waals surface area contributed by atoms with Crippen LogP contribution in [0.4, 0.5) is 25.4 Å². The van der Waals surface area contributed by atoms with Crippen LogP contribution in [0, 0.1) is 23.0 Å². The van der Waals surface area contributed by atoms with Crippen molar-refractivity contribution in [3.63, 3.8) is 0 Å². The van der Waals surface area contributed by atoms with Gasteiger partial charge in [-0.15, -0.1) is 11.3 Å².